The van der Waals surface area contributed by atoms with Gasteiger partial charge in [0.05, 0.1) is 0 Å². The number of rotatable bonds is 0. The lowest BCUT2D eigenvalue weighted by Gasteiger charge is -2.27. The second-order valence-corrected chi connectivity index (χ2v) is 11.9. The van der Waals surface area contributed by atoms with Gasteiger partial charge in [-0.25, -0.2) is 0 Å². The van der Waals surface area contributed by atoms with Crippen molar-refractivity contribution < 1.29 is 0 Å². The largest absolute Gasteiger partial charge is 0.0614 e. The van der Waals surface area contributed by atoms with Crippen LogP contribution in [0.15, 0.2) is 66.7 Å². The summed E-state index contributed by atoms with van der Waals surface area (Å²) < 4.78 is 0. The molecule has 0 aromatic heterocycles. The van der Waals surface area contributed by atoms with E-state index in [1.54, 1.807) is 0 Å². The number of hydrogen-bond donors (Lipinski definition) is 0. The van der Waals surface area contributed by atoms with Crippen molar-refractivity contribution in [3.63, 3.8) is 0 Å². The van der Waals surface area contributed by atoms with Crippen LogP contribution >= 0.6 is 0 Å². The van der Waals surface area contributed by atoms with E-state index in [4.69, 9.17) is 0 Å². The molecule has 6 rings (SSSR count). The molecule has 0 radical (unpaired) electrons. The first-order valence-corrected chi connectivity index (χ1v) is 12.2. The van der Waals surface area contributed by atoms with Crippen LogP contribution in [0.2, 0.25) is 0 Å². The zero-order valence-corrected chi connectivity index (χ0v) is 20.6. The van der Waals surface area contributed by atoms with Crippen molar-refractivity contribution >= 4 is 38.4 Å². The average Bonchev–Trinajstić information content (AvgIpc) is 2.76. The molecule has 0 aliphatic heterocycles. The van der Waals surface area contributed by atoms with Crippen molar-refractivity contribution in [1.29, 1.82) is 0 Å². The Bertz CT molecular complexity index is 1630. The minimum Gasteiger partial charge on any atom is -0.0614 e. The Balaban J connectivity index is 1.73. The average molecular weight is 429 g/mol. The molecule has 0 saturated heterocycles. The van der Waals surface area contributed by atoms with Crippen molar-refractivity contribution in [3.8, 4) is 0 Å². The molecule has 1 aliphatic carbocycles. The van der Waals surface area contributed by atoms with Gasteiger partial charge in [0.2, 0.25) is 0 Å². The molecule has 0 atom stereocenters. The molecule has 33 heavy (non-hydrogen) atoms. The van der Waals surface area contributed by atoms with Crippen molar-refractivity contribution in [1.82, 2.24) is 0 Å². The molecule has 0 saturated carbocycles. The lowest BCUT2D eigenvalue weighted by atomic mass is 9.78. The van der Waals surface area contributed by atoms with Crippen LogP contribution in [0.3, 0.4) is 0 Å². The maximum absolute atomic E-state index is 2.44. The van der Waals surface area contributed by atoms with E-state index in [1.807, 2.05) is 0 Å². The highest BCUT2D eigenvalue weighted by atomic mass is 14.3. The maximum atomic E-state index is 2.44. The third kappa shape index (κ3) is 3.11. The highest BCUT2D eigenvalue weighted by molar-refractivity contribution is 6.21. The van der Waals surface area contributed by atoms with Gasteiger partial charge >= 0.3 is 0 Å². The Morgan fingerprint density at radius 2 is 1.36 bits per heavy atom. The SMILES string of the molecule is CC(C)(C)c1cc2cccc3cc4c5c(ccc4c(c1)c23)Cc1c(cccc1C(C)(C)C)C=5. The van der Waals surface area contributed by atoms with Crippen molar-refractivity contribution in [2.75, 3.05) is 0 Å². The van der Waals surface area contributed by atoms with Gasteiger partial charge < -0.3 is 0 Å². The van der Waals surface area contributed by atoms with E-state index < -0.39 is 0 Å². The Morgan fingerprint density at radius 3 is 2.09 bits per heavy atom. The van der Waals surface area contributed by atoms with Crippen LogP contribution < -0.4 is 5.22 Å². The molecule has 0 unspecified atom stereocenters. The highest BCUT2D eigenvalue weighted by Crippen LogP contribution is 2.38. The Kier molecular flexibility index (Phi) is 4.16. The predicted molar refractivity (Wildman–Crippen MR) is 144 cm³/mol. The summed E-state index contributed by atoms with van der Waals surface area (Å²) in [7, 11) is 0. The zero-order valence-electron chi connectivity index (χ0n) is 20.6. The van der Waals surface area contributed by atoms with Gasteiger partial charge in [0.25, 0.3) is 0 Å². The normalized spacial score (nSPS) is 13.9. The fourth-order valence-electron chi connectivity index (χ4n) is 5.76. The Morgan fingerprint density at radius 1 is 0.636 bits per heavy atom. The molecule has 5 aromatic carbocycles. The van der Waals surface area contributed by atoms with Crippen LogP contribution in [0.1, 0.15) is 69.4 Å². The Hall–Kier alpha value is -3.12. The maximum Gasteiger partial charge on any atom is -0.00107 e. The van der Waals surface area contributed by atoms with Gasteiger partial charge in [0.15, 0.2) is 0 Å². The lowest BCUT2D eigenvalue weighted by Crippen LogP contribution is -2.21. The van der Waals surface area contributed by atoms with Gasteiger partial charge in [0.1, 0.15) is 0 Å². The molecule has 0 spiro atoms. The molecule has 1 aliphatic rings. The van der Waals surface area contributed by atoms with E-state index in [-0.39, 0.29) is 10.8 Å². The quantitative estimate of drug-likeness (QED) is 0.169. The van der Waals surface area contributed by atoms with E-state index >= 15 is 0 Å². The first kappa shape index (κ1) is 20.5. The summed E-state index contributed by atoms with van der Waals surface area (Å²) in [5.41, 5.74) is 7.44. The summed E-state index contributed by atoms with van der Waals surface area (Å²) in [6.07, 6.45) is 3.45. The minimum atomic E-state index is 0.116. The van der Waals surface area contributed by atoms with Gasteiger partial charge in [-0.2, -0.15) is 0 Å². The monoisotopic (exact) mass is 428 g/mol. The van der Waals surface area contributed by atoms with E-state index in [0.29, 0.717) is 0 Å². The first-order valence-electron chi connectivity index (χ1n) is 12.2. The smallest absolute Gasteiger partial charge is 0.00107 e. The molecule has 0 nitrogen and oxygen atoms in total. The van der Waals surface area contributed by atoms with Gasteiger partial charge in [-0.15, -0.1) is 0 Å². The molecular weight excluding hydrogens is 396 g/mol. The van der Waals surface area contributed by atoms with Crippen LogP contribution in [0.4, 0.5) is 0 Å². The van der Waals surface area contributed by atoms with Crippen molar-refractivity contribution in [2.45, 2.75) is 58.8 Å². The first-order chi connectivity index (χ1) is 15.6. The minimum absolute atomic E-state index is 0.116. The summed E-state index contributed by atoms with van der Waals surface area (Å²) in [4.78, 5) is 0. The third-order valence-electron chi connectivity index (χ3n) is 7.53. The number of benzene rings is 5. The molecule has 5 aromatic rings. The van der Waals surface area contributed by atoms with E-state index in [0.717, 1.165) is 6.42 Å². The molecule has 0 heterocycles. The molecule has 0 bridgehead atoms. The fourth-order valence-corrected chi connectivity index (χ4v) is 5.76. The Labute approximate surface area is 196 Å². The van der Waals surface area contributed by atoms with Crippen LogP contribution in [0.5, 0.6) is 0 Å². The number of hydrogen-bond acceptors (Lipinski definition) is 0. The second kappa shape index (κ2) is 6.70. The van der Waals surface area contributed by atoms with E-state index in [2.05, 4.69) is 114 Å². The molecule has 0 amide bonds. The van der Waals surface area contributed by atoms with Crippen LogP contribution in [-0.4, -0.2) is 0 Å². The van der Waals surface area contributed by atoms with Crippen LogP contribution in [0.25, 0.3) is 38.4 Å². The highest BCUT2D eigenvalue weighted by Gasteiger charge is 2.23. The van der Waals surface area contributed by atoms with E-state index in [9.17, 15) is 0 Å². The van der Waals surface area contributed by atoms with Gasteiger partial charge in [-0.3, -0.25) is 0 Å². The molecular formula is C33H32. The molecule has 0 heteroatoms. The summed E-state index contributed by atoms with van der Waals surface area (Å²) in [6, 6.07) is 25.6. The van der Waals surface area contributed by atoms with Gasteiger partial charge in [0, 0.05) is 0 Å². The standard InChI is InChI=1S/C33H32/c1-32(2,3)24-15-22-10-7-11-23-18-28-25(29(19-24)31(22)23)14-13-21-17-27-20(16-26(21)28)9-8-12-30(27)33(4,5)6/h7-16,18-19H,17H2,1-6H3. The molecule has 0 N–H and O–H groups in total. The molecule has 164 valence electrons. The topological polar surface area (TPSA) is 0 Å². The van der Waals surface area contributed by atoms with Crippen LogP contribution in [-0.2, 0) is 17.3 Å². The second-order valence-electron chi connectivity index (χ2n) is 11.9. The third-order valence-corrected chi connectivity index (χ3v) is 7.53. The van der Waals surface area contributed by atoms with Crippen molar-refractivity contribution in [2.24, 2.45) is 0 Å². The summed E-state index contributed by atoms with van der Waals surface area (Å²) in [5, 5.41) is 9.61. The number of fused-ring (bicyclic) bond motifs is 5. The lowest BCUT2D eigenvalue weighted by molar-refractivity contribution is 0.583. The van der Waals surface area contributed by atoms with E-state index in [1.165, 1.54) is 65.4 Å². The van der Waals surface area contributed by atoms with Gasteiger partial charge in [-0.05, 0) is 101 Å². The van der Waals surface area contributed by atoms with Gasteiger partial charge in [-0.1, -0.05) is 96.1 Å². The van der Waals surface area contributed by atoms with Crippen LogP contribution in [0, 0.1) is 0 Å². The predicted octanol–water partition coefficient (Wildman–Crippen LogP) is 8.19. The summed E-state index contributed by atoms with van der Waals surface area (Å²) in [6.45, 7) is 13.9. The summed E-state index contributed by atoms with van der Waals surface area (Å²) >= 11 is 0. The van der Waals surface area contributed by atoms with Crippen molar-refractivity contribution in [3.05, 3.63) is 99.8 Å². The zero-order chi connectivity index (χ0) is 23.1. The summed E-state index contributed by atoms with van der Waals surface area (Å²) in [5.74, 6) is 0. The fraction of sp³-hybridized carbons (Fsp3) is 0.273. The molecule has 0 fully saturated rings.